The molecule has 6 heteroatoms. The van der Waals surface area contributed by atoms with E-state index in [0.29, 0.717) is 18.0 Å². The van der Waals surface area contributed by atoms with Gasteiger partial charge in [0.25, 0.3) is 0 Å². The van der Waals surface area contributed by atoms with Gasteiger partial charge in [-0.05, 0) is 11.6 Å². The van der Waals surface area contributed by atoms with Crippen molar-refractivity contribution in [1.82, 2.24) is 4.31 Å². The van der Waals surface area contributed by atoms with Crippen molar-refractivity contribution in [2.75, 3.05) is 7.05 Å². The molecule has 0 unspecified atom stereocenters. The zero-order valence-corrected chi connectivity index (χ0v) is 12.2. The second kappa shape index (κ2) is 5.83. The molecular weight excluding hydrogens is 280 g/mol. The number of rotatable bonds is 5. The van der Waals surface area contributed by atoms with Crippen LogP contribution in [-0.2, 0) is 23.1 Å². The molecule has 4 nitrogen and oxygen atoms in total. The van der Waals surface area contributed by atoms with Crippen LogP contribution in [0, 0.1) is 0 Å². The first kappa shape index (κ1) is 14.2. The lowest BCUT2D eigenvalue weighted by Crippen LogP contribution is -2.26. The smallest absolute Gasteiger partial charge is 0.243 e. The highest BCUT2D eigenvalue weighted by molar-refractivity contribution is 7.89. The third-order valence-electron chi connectivity index (χ3n) is 2.79. The van der Waals surface area contributed by atoms with Crippen LogP contribution in [0.1, 0.15) is 10.4 Å². The number of hydrogen-bond acceptors (Lipinski definition) is 4. The van der Waals surface area contributed by atoms with Gasteiger partial charge < -0.3 is 5.73 Å². The van der Waals surface area contributed by atoms with Gasteiger partial charge in [-0.1, -0.05) is 30.3 Å². The Bertz CT molecular complexity index is 636. The monoisotopic (exact) mass is 296 g/mol. The van der Waals surface area contributed by atoms with Gasteiger partial charge in [-0.25, -0.2) is 8.42 Å². The van der Waals surface area contributed by atoms with Gasteiger partial charge in [0.1, 0.15) is 0 Å². The molecule has 1 heterocycles. The molecule has 2 N–H and O–H groups in total. The van der Waals surface area contributed by atoms with Gasteiger partial charge >= 0.3 is 0 Å². The predicted molar refractivity (Wildman–Crippen MR) is 77.3 cm³/mol. The molecule has 0 saturated carbocycles. The zero-order valence-electron chi connectivity index (χ0n) is 10.6. The molecule has 1 aromatic carbocycles. The molecule has 2 aromatic rings. The lowest BCUT2D eigenvalue weighted by Gasteiger charge is -2.16. The van der Waals surface area contributed by atoms with E-state index >= 15 is 0 Å². The predicted octanol–water partition coefficient (Wildman–Crippen LogP) is 2.03. The van der Waals surface area contributed by atoms with Crippen molar-refractivity contribution in [2.24, 2.45) is 5.73 Å². The summed E-state index contributed by atoms with van der Waals surface area (Å²) in [4.78, 5) is 1.18. The maximum absolute atomic E-state index is 12.4. The van der Waals surface area contributed by atoms with Crippen molar-refractivity contribution >= 4 is 21.4 Å². The van der Waals surface area contributed by atoms with Gasteiger partial charge in [0.15, 0.2) is 0 Å². The number of nitrogens with two attached hydrogens (primary N) is 1. The first-order chi connectivity index (χ1) is 9.04. The quantitative estimate of drug-likeness (QED) is 0.918. The summed E-state index contributed by atoms with van der Waals surface area (Å²) in [6.45, 7) is 0.722. The fraction of sp³-hybridized carbons (Fsp3) is 0.231. The Morgan fingerprint density at radius 2 is 1.95 bits per heavy atom. The molecule has 1 aromatic heterocycles. The standard InChI is InChI=1S/C13H16N2O2S2/c1-15(9-11-5-3-2-4-6-11)19(16,17)13-7-12(8-14)18-10-13/h2-7,10H,8-9,14H2,1H3. The van der Waals surface area contributed by atoms with E-state index in [0.717, 1.165) is 10.4 Å². The van der Waals surface area contributed by atoms with E-state index < -0.39 is 10.0 Å². The van der Waals surface area contributed by atoms with Gasteiger partial charge in [0.2, 0.25) is 10.0 Å². The molecular formula is C13H16N2O2S2. The van der Waals surface area contributed by atoms with E-state index in [4.69, 9.17) is 5.73 Å². The first-order valence-corrected chi connectivity index (χ1v) is 8.14. The number of nitrogens with zero attached hydrogens (tertiary/aromatic N) is 1. The molecule has 0 aliphatic heterocycles. The molecule has 0 bridgehead atoms. The summed E-state index contributed by atoms with van der Waals surface area (Å²) in [5, 5.41) is 1.64. The first-order valence-electron chi connectivity index (χ1n) is 5.82. The minimum absolute atomic E-state index is 0.316. The number of hydrogen-bond donors (Lipinski definition) is 1. The van der Waals surface area contributed by atoms with Crippen LogP contribution in [0.4, 0.5) is 0 Å². The van der Waals surface area contributed by atoms with Gasteiger partial charge in [-0.15, -0.1) is 11.3 Å². The van der Waals surface area contributed by atoms with Crippen LogP contribution in [-0.4, -0.2) is 19.8 Å². The van der Waals surface area contributed by atoms with E-state index in [1.54, 1.807) is 18.5 Å². The van der Waals surface area contributed by atoms with Crippen LogP contribution in [0.25, 0.3) is 0 Å². The maximum Gasteiger partial charge on any atom is 0.243 e. The third-order valence-corrected chi connectivity index (χ3v) is 5.68. The summed E-state index contributed by atoms with van der Waals surface area (Å²) in [6.07, 6.45) is 0. The van der Waals surface area contributed by atoms with Crippen LogP contribution in [0.3, 0.4) is 0 Å². The summed E-state index contributed by atoms with van der Waals surface area (Å²) in [5.41, 5.74) is 6.47. The van der Waals surface area contributed by atoms with Crippen LogP contribution in [0.15, 0.2) is 46.7 Å². The van der Waals surface area contributed by atoms with Crippen molar-refractivity contribution in [3.63, 3.8) is 0 Å². The fourth-order valence-corrected chi connectivity index (χ4v) is 4.01. The minimum Gasteiger partial charge on any atom is -0.326 e. The lowest BCUT2D eigenvalue weighted by molar-refractivity contribution is 0.467. The molecule has 0 aliphatic carbocycles. The van der Waals surface area contributed by atoms with E-state index in [1.165, 1.54) is 15.6 Å². The summed E-state index contributed by atoms with van der Waals surface area (Å²) in [5.74, 6) is 0. The Morgan fingerprint density at radius 3 is 2.53 bits per heavy atom. The number of benzene rings is 1. The highest BCUT2D eigenvalue weighted by Crippen LogP contribution is 2.22. The molecule has 0 amide bonds. The van der Waals surface area contributed by atoms with E-state index in [9.17, 15) is 8.42 Å². The third kappa shape index (κ3) is 3.22. The molecule has 0 aliphatic rings. The van der Waals surface area contributed by atoms with Gasteiger partial charge in [0, 0.05) is 30.4 Å². The van der Waals surface area contributed by atoms with Crippen molar-refractivity contribution in [3.8, 4) is 0 Å². The maximum atomic E-state index is 12.4. The van der Waals surface area contributed by atoms with Gasteiger partial charge in [-0.3, -0.25) is 0 Å². The Kier molecular flexibility index (Phi) is 4.36. The van der Waals surface area contributed by atoms with Crippen molar-refractivity contribution in [3.05, 3.63) is 52.2 Å². The average molecular weight is 296 g/mol. The summed E-state index contributed by atoms with van der Waals surface area (Å²) >= 11 is 1.37. The Morgan fingerprint density at radius 1 is 1.26 bits per heavy atom. The van der Waals surface area contributed by atoms with E-state index in [1.807, 2.05) is 30.3 Å². The molecule has 102 valence electrons. The fourth-order valence-electron chi connectivity index (χ4n) is 1.71. The second-order valence-corrected chi connectivity index (χ2v) is 7.24. The zero-order chi connectivity index (χ0) is 13.9. The summed E-state index contributed by atoms with van der Waals surface area (Å²) in [6, 6.07) is 11.2. The molecule has 0 saturated heterocycles. The Labute approximate surface area is 117 Å². The Balaban J connectivity index is 2.19. The SMILES string of the molecule is CN(Cc1ccccc1)S(=O)(=O)c1csc(CN)c1. The molecule has 0 fully saturated rings. The number of thiophene rings is 1. The van der Waals surface area contributed by atoms with Gasteiger partial charge in [0.05, 0.1) is 4.90 Å². The summed E-state index contributed by atoms with van der Waals surface area (Å²) < 4.78 is 26.1. The van der Waals surface area contributed by atoms with Crippen LogP contribution in [0.5, 0.6) is 0 Å². The molecule has 2 rings (SSSR count). The summed E-state index contributed by atoms with van der Waals surface area (Å²) in [7, 11) is -1.85. The minimum atomic E-state index is -3.44. The Hall–Kier alpha value is -1.21. The topological polar surface area (TPSA) is 63.4 Å². The van der Waals surface area contributed by atoms with Crippen molar-refractivity contribution < 1.29 is 8.42 Å². The van der Waals surface area contributed by atoms with Gasteiger partial charge in [-0.2, -0.15) is 4.31 Å². The highest BCUT2D eigenvalue weighted by Gasteiger charge is 2.22. The van der Waals surface area contributed by atoms with Crippen LogP contribution in [0.2, 0.25) is 0 Å². The van der Waals surface area contributed by atoms with E-state index in [2.05, 4.69) is 0 Å². The lowest BCUT2D eigenvalue weighted by atomic mass is 10.2. The van der Waals surface area contributed by atoms with Crippen LogP contribution < -0.4 is 5.73 Å². The molecule has 0 radical (unpaired) electrons. The molecule has 19 heavy (non-hydrogen) atoms. The normalized spacial score (nSPS) is 11.9. The second-order valence-electron chi connectivity index (χ2n) is 4.20. The average Bonchev–Trinajstić information content (AvgIpc) is 2.89. The number of sulfonamides is 1. The molecule has 0 atom stereocenters. The highest BCUT2D eigenvalue weighted by atomic mass is 32.2. The van der Waals surface area contributed by atoms with Crippen molar-refractivity contribution in [2.45, 2.75) is 18.0 Å². The van der Waals surface area contributed by atoms with Crippen LogP contribution >= 0.6 is 11.3 Å². The van der Waals surface area contributed by atoms with Crippen molar-refractivity contribution in [1.29, 1.82) is 0 Å². The van der Waals surface area contributed by atoms with E-state index in [-0.39, 0.29) is 0 Å². The largest absolute Gasteiger partial charge is 0.326 e. The molecule has 0 spiro atoms.